The summed E-state index contributed by atoms with van der Waals surface area (Å²) in [6.45, 7) is -2.43. The number of aliphatic carboxylic acids is 6. The molecular weight excluding hydrogens is 606 g/mol. The van der Waals surface area contributed by atoms with E-state index < -0.39 is 97.6 Å². The Balaban J connectivity index is 3.52. The van der Waals surface area contributed by atoms with Crippen LogP contribution in [0.25, 0.3) is 0 Å². The Labute approximate surface area is 255 Å². The van der Waals surface area contributed by atoms with Gasteiger partial charge in [-0.05, 0) is 25.0 Å². The minimum Gasteiger partial charge on any atom is -0.507 e. The zero-order valence-corrected chi connectivity index (χ0v) is 24.2. The number of nitrogens with zero attached hydrogens (tertiary/aromatic N) is 2. The van der Waals surface area contributed by atoms with Crippen LogP contribution in [-0.2, 0) is 33.6 Å². The number of carboxylic acids is 6. The van der Waals surface area contributed by atoms with E-state index in [-0.39, 0.29) is 42.7 Å². The first-order chi connectivity index (χ1) is 20.8. The van der Waals surface area contributed by atoms with Crippen molar-refractivity contribution in [2.45, 2.75) is 31.8 Å². The second kappa shape index (κ2) is 17.4. The van der Waals surface area contributed by atoms with Crippen LogP contribution in [0.3, 0.4) is 0 Å². The smallest absolute Gasteiger partial charge is 0.317 e. The van der Waals surface area contributed by atoms with Crippen molar-refractivity contribution in [3.63, 3.8) is 0 Å². The Kier molecular flexibility index (Phi) is 14.8. The van der Waals surface area contributed by atoms with Crippen LogP contribution in [0.4, 0.5) is 5.69 Å². The maximum atomic E-state index is 12.2. The summed E-state index contributed by atoms with van der Waals surface area (Å²) in [4.78, 5) is 82.6. The van der Waals surface area contributed by atoms with Gasteiger partial charge >= 0.3 is 35.8 Å². The second-order valence-corrected chi connectivity index (χ2v) is 10.2. The highest BCUT2D eigenvalue weighted by molar-refractivity contribution is 5.89. The topological polar surface area (TPSA) is 332 Å². The van der Waals surface area contributed by atoms with E-state index in [1.807, 2.05) is 0 Å². The molecule has 0 saturated carbocycles. The first kappa shape index (κ1) is 38.2. The fourth-order valence-corrected chi connectivity index (χ4v) is 4.65. The van der Waals surface area contributed by atoms with Crippen molar-refractivity contribution in [2.24, 2.45) is 23.3 Å². The number of anilines is 1. The van der Waals surface area contributed by atoms with E-state index in [0.717, 1.165) is 28.9 Å². The van der Waals surface area contributed by atoms with Gasteiger partial charge in [0.05, 0.1) is 38.0 Å². The van der Waals surface area contributed by atoms with Crippen LogP contribution in [0.2, 0.25) is 0 Å². The van der Waals surface area contributed by atoms with Crippen LogP contribution in [-0.4, -0.2) is 127 Å². The molecule has 0 heterocycles. The molecule has 0 spiro atoms. The van der Waals surface area contributed by atoms with E-state index in [9.17, 15) is 48.9 Å². The number of phenolic OH excluding ortho intramolecular Hbond substituents is 1. The molecule has 19 heteroatoms. The lowest BCUT2D eigenvalue weighted by atomic mass is 9.85. The van der Waals surface area contributed by atoms with Gasteiger partial charge in [-0.25, -0.2) is 0 Å². The number of aromatic hydroxyl groups is 1. The number of hydrogen-bond acceptors (Lipinski definition) is 12. The summed E-state index contributed by atoms with van der Waals surface area (Å²) >= 11 is 0. The molecule has 4 unspecified atom stereocenters. The number of carbonyl (C=O) groups is 7. The molecule has 0 radical (unpaired) electrons. The lowest BCUT2D eigenvalue weighted by Crippen LogP contribution is -2.38. The van der Waals surface area contributed by atoms with Crippen LogP contribution < -0.4 is 16.8 Å². The zero-order chi connectivity index (χ0) is 34.6. The van der Waals surface area contributed by atoms with Crippen molar-refractivity contribution in [3.8, 4) is 5.75 Å². The number of carboxylic acid groups (broad SMARTS) is 6. The summed E-state index contributed by atoms with van der Waals surface area (Å²) in [7, 11) is 0. The van der Waals surface area contributed by atoms with Gasteiger partial charge in [0.25, 0.3) is 0 Å². The van der Waals surface area contributed by atoms with E-state index in [4.69, 9.17) is 31.9 Å². The monoisotopic (exact) mass is 643 g/mol. The number of hydrogen-bond donors (Lipinski definition) is 10. The summed E-state index contributed by atoms with van der Waals surface area (Å²) in [5.41, 5.74) is 11.9. The first-order valence-corrected chi connectivity index (χ1v) is 13.3. The normalized spacial score (nSPS) is 13.9. The third-order valence-electron chi connectivity index (χ3n) is 6.66. The lowest BCUT2D eigenvalue weighted by Gasteiger charge is -2.28. The van der Waals surface area contributed by atoms with E-state index in [1.54, 1.807) is 0 Å². The molecule has 45 heavy (non-hydrogen) atoms. The molecule has 0 fully saturated rings. The lowest BCUT2D eigenvalue weighted by molar-refractivity contribution is -0.145. The molecule has 1 aromatic carbocycles. The number of benzene rings is 1. The molecule has 0 aliphatic rings. The molecule has 1 amide bonds. The number of amides is 1. The molecule has 0 bridgehead atoms. The van der Waals surface area contributed by atoms with E-state index >= 15 is 0 Å². The zero-order valence-electron chi connectivity index (χ0n) is 24.2. The molecule has 12 N–H and O–H groups in total. The van der Waals surface area contributed by atoms with Crippen molar-refractivity contribution >= 4 is 47.4 Å². The minimum absolute atomic E-state index is 0.0544. The molecule has 250 valence electrons. The molecule has 4 atom stereocenters. The second-order valence-electron chi connectivity index (χ2n) is 10.2. The summed E-state index contributed by atoms with van der Waals surface area (Å²) < 4.78 is 0. The third-order valence-corrected chi connectivity index (χ3v) is 6.66. The van der Waals surface area contributed by atoms with Gasteiger partial charge in [0.1, 0.15) is 5.75 Å². The van der Waals surface area contributed by atoms with Crippen LogP contribution in [0.1, 0.15) is 43.0 Å². The van der Waals surface area contributed by atoms with Crippen molar-refractivity contribution < 1.29 is 69.3 Å². The highest BCUT2D eigenvalue weighted by Gasteiger charge is 2.34. The molecule has 1 aromatic rings. The SMILES string of the molecule is CC(=O)Nc1cc(C(N)C(CCN(CC(=O)O)CC(=O)O)C(=O)O)c(O)c(C(N)C(CCN(CC(=O)O)CC(=O)O)C(=O)O)c1. The van der Waals surface area contributed by atoms with Gasteiger partial charge in [0.15, 0.2) is 0 Å². The number of phenols is 1. The van der Waals surface area contributed by atoms with E-state index in [0.29, 0.717) is 0 Å². The van der Waals surface area contributed by atoms with E-state index in [1.165, 1.54) is 0 Å². The van der Waals surface area contributed by atoms with Gasteiger partial charge in [-0.2, -0.15) is 0 Å². The number of nitrogens with one attached hydrogen (secondary N) is 1. The Hall–Kier alpha value is -4.85. The largest absolute Gasteiger partial charge is 0.507 e. The van der Waals surface area contributed by atoms with Gasteiger partial charge in [-0.15, -0.1) is 0 Å². The average Bonchev–Trinajstić information content (AvgIpc) is 2.87. The molecular formula is C26H37N5O14. The minimum atomic E-state index is -1.57. The first-order valence-electron chi connectivity index (χ1n) is 13.3. The third kappa shape index (κ3) is 12.7. The van der Waals surface area contributed by atoms with Gasteiger partial charge in [-0.3, -0.25) is 43.4 Å². The van der Waals surface area contributed by atoms with Gasteiger partial charge < -0.3 is 52.5 Å². The summed E-state index contributed by atoms with van der Waals surface area (Å²) in [5.74, 6) is -12.9. The summed E-state index contributed by atoms with van der Waals surface area (Å²) in [6, 6.07) is -0.860. The van der Waals surface area contributed by atoms with Crippen LogP contribution in [0.5, 0.6) is 5.75 Å². The highest BCUT2D eigenvalue weighted by Crippen LogP contribution is 2.39. The quantitative estimate of drug-likeness (QED) is 0.0679. The Morgan fingerprint density at radius 2 is 0.978 bits per heavy atom. The van der Waals surface area contributed by atoms with Gasteiger partial charge in [0, 0.05) is 48.9 Å². The summed E-state index contributed by atoms with van der Waals surface area (Å²) in [5, 5.41) is 69.6. The standard InChI is InChI=1S/C26H37N5O14/c1-12(32)29-13-6-16(22(27)14(25(42)43)2-4-30(8-18(33)34)9-19(35)36)24(41)17(7-13)23(28)15(26(44)45)3-5-31(10-20(37)38)11-21(39)40/h6-7,14-15,22-23,41H,2-5,8-11,27-28H2,1H3,(H,29,32)(H,33,34)(H,35,36)(H,37,38)(H,39,40)(H,42,43)(H,44,45). The van der Waals surface area contributed by atoms with Crippen molar-refractivity contribution in [3.05, 3.63) is 23.3 Å². The van der Waals surface area contributed by atoms with Crippen molar-refractivity contribution in [1.29, 1.82) is 0 Å². The maximum absolute atomic E-state index is 12.2. The van der Waals surface area contributed by atoms with Crippen LogP contribution in [0, 0.1) is 11.8 Å². The number of rotatable bonds is 21. The molecule has 19 nitrogen and oxygen atoms in total. The van der Waals surface area contributed by atoms with Crippen molar-refractivity contribution in [1.82, 2.24) is 9.80 Å². The van der Waals surface area contributed by atoms with Crippen LogP contribution in [0.15, 0.2) is 12.1 Å². The number of carbonyl (C=O) groups excluding carboxylic acids is 1. The molecule has 0 aromatic heterocycles. The molecule has 1 rings (SSSR count). The molecule has 0 aliphatic heterocycles. The summed E-state index contributed by atoms with van der Waals surface area (Å²) in [6.07, 6.45) is -0.772. The average molecular weight is 644 g/mol. The fraction of sp³-hybridized carbons (Fsp3) is 0.500. The predicted molar refractivity (Wildman–Crippen MR) is 151 cm³/mol. The fourth-order valence-electron chi connectivity index (χ4n) is 4.65. The Bertz CT molecular complexity index is 1170. The molecule has 0 aliphatic carbocycles. The van der Waals surface area contributed by atoms with Crippen LogP contribution >= 0.6 is 0 Å². The van der Waals surface area contributed by atoms with Gasteiger partial charge in [-0.1, -0.05) is 0 Å². The maximum Gasteiger partial charge on any atom is 0.317 e. The van der Waals surface area contributed by atoms with Crippen molar-refractivity contribution in [2.75, 3.05) is 44.6 Å². The highest BCUT2D eigenvalue weighted by atomic mass is 16.4. The van der Waals surface area contributed by atoms with Gasteiger partial charge in [0.2, 0.25) is 5.91 Å². The Morgan fingerprint density at radius 1 is 0.667 bits per heavy atom. The van der Waals surface area contributed by atoms with E-state index in [2.05, 4.69) is 5.32 Å². The molecule has 0 saturated heterocycles. The Morgan fingerprint density at radius 3 is 1.22 bits per heavy atom. The number of nitrogens with two attached hydrogens (primary N) is 2. The predicted octanol–water partition coefficient (Wildman–Crippen LogP) is -1.53.